The minimum atomic E-state index is -1.22. The highest BCUT2D eigenvalue weighted by molar-refractivity contribution is 5.95. The summed E-state index contributed by atoms with van der Waals surface area (Å²) in [6, 6.07) is 15.1. The normalized spacial score (nSPS) is 14.7. The average Bonchev–Trinajstić information content (AvgIpc) is 3.25. The number of Topliss-reactive ketones (excluding diaryl/α,β-unsaturated/α-hetero) is 3. The first kappa shape index (κ1) is 55.3. The monoisotopic (exact) mass is 892 g/mol. The van der Waals surface area contributed by atoms with Crippen LogP contribution in [0.1, 0.15) is 116 Å². The molecule has 2 aromatic rings. The smallest absolute Gasteiger partial charge is 0.326 e. The molecule has 0 radical (unpaired) electrons. The van der Waals surface area contributed by atoms with Gasteiger partial charge < -0.3 is 44.0 Å². The van der Waals surface area contributed by atoms with Crippen molar-refractivity contribution in [1.29, 1.82) is 0 Å². The topological polar surface area (TPSA) is 280 Å². The highest BCUT2D eigenvalue weighted by atomic mass is 16.4. The second-order valence-electron chi connectivity index (χ2n) is 18.1. The molecule has 3 amide bonds. The number of hydrogen-bond acceptors (Lipinski definition) is 11. The maximum atomic E-state index is 14.0. The van der Waals surface area contributed by atoms with Gasteiger partial charge in [-0.2, -0.15) is 0 Å². The molecule has 7 atom stereocenters. The Labute approximate surface area is 380 Å². The molecule has 0 aromatic heterocycles. The van der Waals surface area contributed by atoms with E-state index in [1.54, 1.807) is 0 Å². The molecule has 64 heavy (non-hydrogen) atoms. The maximum absolute atomic E-state index is 14.0. The molecular formula is C49H77N7O8. The minimum absolute atomic E-state index is 0.0193. The summed E-state index contributed by atoms with van der Waals surface area (Å²) in [6.45, 7) is 8.58. The van der Waals surface area contributed by atoms with Gasteiger partial charge in [-0.1, -0.05) is 88.4 Å². The third-order valence-electron chi connectivity index (χ3n) is 11.4. The van der Waals surface area contributed by atoms with Gasteiger partial charge in [0.2, 0.25) is 17.7 Å². The summed E-state index contributed by atoms with van der Waals surface area (Å²) in [4.78, 5) is 93.2. The minimum Gasteiger partial charge on any atom is -0.480 e. The lowest BCUT2D eigenvalue weighted by molar-refractivity contribution is -0.143. The van der Waals surface area contributed by atoms with Crippen LogP contribution in [-0.2, 0) is 46.4 Å². The van der Waals surface area contributed by atoms with Crippen molar-refractivity contribution in [2.45, 2.75) is 142 Å². The van der Waals surface area contributed by atoms with Crippen molar-refractivity contribution in [2.24, 2.45) is 52.5 Å². The number of nitrogens with two attached hydrogens (primary N) is 4. The number of hydrogen-bond donors (Lipinski definition) is 8. The van der Waals surface area contributed by atoms with Gasteiger partial charge in [-0.05, 0) is 107 Å². The molecule has 0 aliphatic heterocycles. The Bertz CT molecular complexity index is 1740. The van der Waals surface area contributed by atoms with Crippen LogP contribution in [0.3, 0.4) is 0 Å². The standard InChI is InChI=1S/C49H77N7O8/c1-32(2)25-39(52)43(57)29-37(20-14-23-51)47(61)55-41(49(63)64)21-11-12-24-54-46(60)36(19-13-22-50)30-45(59)42(26-33(3)4)56-48(62)38(27-34-15-7-5-8-16-34)31-44(58)40(53)28-35-17-9-6-10-18-35/h5-10,15-18,32-33,36-42H,11-14,19-31,50-53H2,1-4H3,(H,54,60)(H,55,61)(H,56,62)(H,63,64)/t36-,37-,38-,39+,40+,41-,42+/m0/s1. The highest BCUT2D eigenvalue weighted by Gasteiger charge is 2.32. The molecule has 2 aromatic carbocycles. The molecule has 0 bridgehead atoms. The van der Waals surface area contributed by atoms with Crippen molar-refractivity contribution >= 4 is 41.0 Å². The zero-order valence-electron chi connectivity index (χ0n) is 38.6. The van der Waals surface area contributed by atoms with E-state index in [1.165, 1.54) is 0 Å². The van der Waals surface area contributed by atoms with E-state index in [4.69, 9.17) is 22.9 Å². The molecule has 2 rings (SSSR count). The fourth-order valence-corrected chi connectivity index (χ4v) is 7.74. The van der Waals surface area contributed by atoms with Crippen LogP contribution in [-0.4, -0.2) is 89.9 Å². The largest absolute Gasteiger partial charge is 0.480 e. The van der Waals surface area contributed by atoms with Gasteiger partial charge >= 0.3 is 5.97 Å². The van der Waals surface area contributed by atoms with E-state index in [0.29, 0.717) is 70.9 Å². The van der Waals surface area contributed by atoms with E-state index < -0.39 is 59.7 Å². The number of rotatable bonds is 34. The van der Waals surface area contributed by atoms with Crippen LogP contribution in [0.2, 0.25) is 0 Å². The van der Waals surface area contributed by atoms with E-state index in [2.05, 4.69) is 16.0 Å². The van der Waals surface area contributed by atoms with E-state index in [0.717, 1.165) is 11.1 Å². The Kier molecular flexibility index (Phi) is 26.2. The number of carboxylic acid groups (broad SMARTS) is 1. The summed E-state index contributed by atoms with van der Waals surface area (Å²) in [5.41, 5.74) is 25.6. The molecule has 12 N–H and O–H groups in total. The third-order valence-corrected chi connectivity index (χ3v) is 11.4. The molecule has 0 spiro atoms. The summed E-state index contributed by atoms with van der Waals surface area (Å²) in [7, 11) is 0. The molecule has 0 saturated carbocycles. The van der Waals surface area contributed by atoms with Crippen molar-refractivity contribution in [3.8, 4) is 0 Å². The molecule has 15 nitrogen and oxygen atoms in total. The molecule has 0 fully saturated rings. The van der Waals surface area contributed by atoms with E-state index in [-0.39, 0.29) is 73.7 Å². The zero-order valence-corrected chi connectivity index (χ0v) is 38.6. The summed E-state index contributed by atoms with van der Waals surface area (Å²) in [5, 5.41) is 18.3. The van der Waals surface area contributed by atoms with Gasteiger partial charge in [-0.3, -0.25) is 28.8 Å². The van der Waals surface area contributed by atoms with Gasteiger partial charge in [0, 0.05) is 43.6 Å². The van der Waals surface area contributed by atoms with Crippen LogP contribution < -0.4 is 38.9 Å². The first-order chi connectivity index (χ1) is 30.4. The SMILES string of the molecule is CC(C)C[C@@H](N)C(=O)C[C@H](CCCN)C(=O)N[C@@H](CCCCNC(=O)[C@@H](CCCN)CC(=O)[C@@H](CC(C)C)NC(=O)[C@H](CC(=O)[C@H](N)Cc1ccccc1)Cc1ccccc1)C(=O)O. The van der Waals surface area contributed by atoms with Gasteiger partial charge in [0.15, 0.2) is 11.6 Å². The number of carbonyl (C=O) groups is 7. The maximum Gasteiger partial charge on any atom is 0.326 e. The Hall–Kier alpha value is -4.83. The Morgan fingerprint density at radius 1 is 0.531 bits per heavy atom. The lowest BCUT2D eigenvalue weighted by Gasteiger charge is -2.25. The van der Waals surface area contributed by atoms with Crippen molar-refractivity contribution in [3.05, 3.63) is 71.8 Å². The predicted octanol–water partition coefficient (Wildman–Crippen LogP) is 3.76. The van der Waals surface area contributed by atoms with Gasteiger partial charge in [0.25, 0.3) is 0 Å². The van der Waals surface area contributed by atoms with E-state index in [1.807, 2.05) is 88.4 Å². The molecular weight excluding hydrogens is 815 g/mol. The Morgan fingerprint density at radius 3 is 1.53 bits per heavy atom. The molecule has 0 unspecified atom stereocenters. The first-order valence-electron chi connectivity index (χ1n) is 23.1. The highest BCUT2D eigenvalue weighted by Crippen LogP contribution is 2.21. The van der Waals surface area contributed by atoms with Crippen molar-refractivity contribution in [1.82, 2.24) is 16.0 Å². The van der Waals surface area contributed by atoms with Crippen LogP contribution >= 0.6 is 0 Å². The van der Waals surface area contributed by atoms with Gasteiger partial charge in [-0.25, -0.2) is 4.79 Å². The van der Waals surface area contributed by atoms with E-state index in [9.17, 15) is 38.7 Å². The fraction of sp³-hybridized carbons (Fsp3) is 0.612. The van der Waals surface area contributed by atoms with Crippen LogP contribution in [0.4, 0.5) is 0 Å². The fourth-order valence-electron chi connectivity index (χ4n) is 7.74. The summed E-state index contributed by atoms with van der Waals surface area (Å²) in [6.07, 6.45) is 3.50. The number of aliphatic carboxylic acids is 1. The van der Waals surface area contributed by atoms with Gasteiger partial charge in [-0.15, -0.1) is 0 Å². The van der Waals surface area contributed by atoms with Gasteiger partial charge in [0.1, 0.15) is 11.8 Å². The number of carboxylic acids is 1. The number of unbranched alkanes of at least 4 members (excludes halogenated alkanes) is 1. The number of nitrogens with one attached hydrogen (secondary N) is 3. The van der Waals surface area contributed by atoms with Crippen LogP contribution in [0.25, 0.3) is 0 Å². The Balaban J connectivity index is 2.08. The molecule has 356 valence electrons. The van der Waals surface area contributed by atoms with Crippen molar-refractivity contribution < 1.29 is 38.7 Å². The molecule has 0 heterocycles. The second kappa shape index (κ2) is 30.3. The zero-order chi connectivity index (χ0) is 47.6. The van der Waals surface area contributed by atoms with Crippen molar-refractivity contribution in [3.63, 3.8) is 0 Å². The number of carbonyl (C=O) groups excluding carboxylic acids is 6. The molecule has 0 aliphatic carbocycles. The number of amides is 3. The van der Waals surface area contributed by atoms with Crippen LogP contribution in [0, 0.1) is 29.6 Å². The number of ketones is 3. The molecule has 0 saturated heterocycles. The summed E-state index contributed by atoms with van der Waals surface area (Å²) in [5.74, 6) is -5.43. The Morgan fingerprint density at radius 2 is 1.00 bits per heavy atom. The van der Waals surface area contributed by atoms with Crippen molar-refractivity contribution in [2.75, 3.05) is 19.6 Å². The van der Waals surface area contributed by atoms with E-state index >= 15 is 0 Å². The van der Waals surface area contributed by atoms with Crippen LogP contribution in [0.5, 0.6) is 0 Å². The lowest BCUT2D eigenvalue weighted by atomic mass is 9.88. The quantitative estimate of drug-likeness (QED) is 0.0467. The number of benzene rings is 2. The predicted molar refractivity (Wildman–Crippen MR) is 249 cm³/mol. The first-order valence-corrected chi connectivity index (χ1v) is 23.1. The molecule has 15 heteroatoms. The average molecular weight is 892 g/mol. The molecule has 0 aliphatic rings. The third kappa shape index (κ3) is 21.7. The second-order valence-corrected chi connectivity index (χ2v) is 18.1. The van der Waals surface area contributed by atoms with Crippen LogP contribution in [0.15, 0.2) is 60.7 Å². The lowest BCUT2D eigenvalue weighted by Crippen LogP contribution is -2.47. The van der Waals surface area contributed by atoms with Gasteiger partial charge in [0.05, 0.1) is 18.1 Å². The summed E-state index contributed by atoms with van der Waals surface area (Å²) < 4.78 is 0. The summed E-state index contributed by atoms with van der Waals surface area (Å²) >= 11 is 0.